The van der Waals surface area contributed by atoms with E-state index in [1.165, 1.54) is 0 Å². The molecule has 4 heteroatoms. The summed E-state index contributed by atoms with van der Waals surface area (Å²) in [4.78, 5) is 4.55. The average Bonchev–Trinajstić information content (AvgIpc) is 2.40. The number of nitrogens with two attached hydrogens (primary N) is 1. The number of methoxy groups -OCH3 is 1. The van der Waals surface area contributed by atoms with Crippen molar-refractivity contribution in [3.05, 3.63) is 23.5 Å². The van der Waals surface area contributed by atoms with E-state index in [9.17, 15) is 0 Å². The number of hydrogen-bond donors (Lipinski definition) is 1. The molecular weight excluding hydrogens is 240 g/mol. The first kappa shape index (κ1) is 15.9. The Bertz CT molecular complexity index is 369. The van der Waals surface area contributed by atoms with Crippen LogP contribution in [-0.4, -0.2) is 31.3 Å². The molecule has 0 spiro atoms. The Morgan fingerprint density at radius 3 is 2.68 bits per heavy atom. The van der Waals surface area contributed by atoms with E-state index in [4.69, 9.17) is 15.2 Å². The maximum atomic E-state index is 6.01. The van der Waals surface area contributed by atoms with Crippen LogP contribution in [0.15, 0.2) is 12.1 Å². The highest BCUT2D eigenvalue weighted by molar-refractivity contribution is 5.30. The maximum Gasteiger partial charge on any atom is 0.140 e. The molecule has 0 saturated heterocycles. The number of ether oxygens (including phenoxy) is 2. The average molecular weight is 266 g/mol. The number of rotatable bonds is 9. The van der Waals surface area contributed by atoms with Gasteiger partial charge in [-0.05, 0) is 38.3 Å². The van der Waals surface area contributed by atoms with Gasteiger partial charge in [-0.25, -0.2) is 0 Å². The lowest BCUT2D eigenvalue weighted by atomic mass is 10.1. The van der Waals surface area contributed by atoms with Gasteiger partial charge in [0.1, 0.15) is 5.75 Å². The predicted octanol–water partition coefficient (Wildman–Crippen LogP) is 2.48. The number of unbranched alkanes of at least 4 members (excludes halogenated alkanes) is 1. The standard InChI is InChI=1S/C15H26N2O2/c1-4-13(16)11-14-15(8-7-12(2)17-14)19-10-6-5-9-18-3/h7-8,13H,4-6,9-11,16H2,1-3H3. The van der Waals surface area contributed by atoms with Crippen LogP contribution in [0.2, 0.25) is 0 Å². The number of aromatic nitrogens is 1. The Hall–Kier alpha value is -1.13. The highest BCUT2D eigenvalue weighted by Crippen LogP contribution is 2.19. The fraction of sp³-hybridized carbons (Fsp3) is 0.667. The monoisotopic (exact) mass is 266 g/mol. The SMILES string of the molecule is CCC(N)Cc1nc(C)ccc1OCCCCOC. The Morgan fingerprint density at radius 1 is 1.26 bits per heavy atom. The number of aryl methyl sites for hydroxylation is 1. The molecule has 1 unspecified atom stereocenters. The molecular formula is C15H26N2O2. The summed E-state index contributed by atoms with van der Waals surface area (Å²) in [7, 11) is 1.72. The molecule has 0 aromatic carbocycles. The largest absolute Gasteiger partial charge is 0.492 e. The van der Waals surface area contributed by atoms with Crippen LogP contribution in [-0.2, 0) is 11.2 Å². The van der Waals surface area contributed by atoms with Crippen molar-refractivity contribution in [2.75, 3.05) is 20.3 Å². The highest BCUT2D eigenvalue weighted by atomic mass is 16.5. The Balaban J connectivity index is 2.55. The van der Waals surface area contributed by atoms with Crippen LogP contribution in [0, 0.1) is 6.92 Å². The van der Waals surface area contributed by atoms with Crippen LogP contribution in [0.4, 0.5) is 0 Å². The lowest BCUT2D eigenvalue weighted by molar-refractivity contribution is 0.184. The first-order valence-corrected chi connectivity index (χ1v) is 7.01. The van der Waals surface area contributed by atoms with Crippen molar-refractivity contribution in [3.63, 3.8) is 0 Å². The minimum absolute atomic E-state index is 0.144. The molecule has 2 N–H and O–H groups in total. The van der Waals surface area contributed by atoms with Crippen molar-refractivity contribution in [3.8, 4) is 5.75 Å². The normalized spacial score (nSPS) is 12.4. The van der Waals surface area contributed by atoms with Crippen molar-refractivity contribution in [2.45, 2.75) is 45.6 Å². The molecule has 0 radical (unpaired) electrons. The summed E-state index contributed by atoms with van der Waals surface area (Å²) in [6.45, 7) is 5.56. The molecule has 0 fully saturated rings. The van der Waals surface area contributed by atoms with E-state index in [2.05, 4.69) is 11.9 Å². The second-order valence-electron chi connectivity index (χ2n) is 4.82. The molecule has 19 heavy (non-hydrogen) atoms. The number of nitrogens with zero attached hydrogens (tertiary/aromatic N) is 1. The van der Waals surface area contributed by atoms with Crippen LogP contribution >= 0.6 is 0 Å². The van der Waals surface area contributed by atoms with Crippen molar-refractivity contribution in [1.29, 1.82) is 0 Å². The second-order valence-corrected chi connectivity index (χ2v) is 4.82. The zero-order chi connectivity index (χ0) is 14.1. The van der Waals surface area contributed by atoms with E-state index < -0.39 is 0 Å². The third-order valence-electron chi connectivity index (χ3n) is 3.05. The highest BCUT2D eigenvalue weighted by Gasteiger charge is 2.10. The van der Waals surface area contributed by atoms with E-state index in [1.807, 2.05) is 19.1 Å². The summed E-state index contributed by atoms with van der Waals surface area (Å²) in [5.74, 6) is 0.868. The Labute approximate surface area is 116 Å². The lowest BCUT2D eigenvalue weighted by Gasteiger charge is -2.14. The van der Waals surface area contributed by atoms with Crippen LogP contribution in [0.1, 0.15) is 37.6 Å². The van der Waals surface area contributed by atoms with Crippen LogP contribution in [0.5, 0.6) is 5.75 Å². The molecule has 0 saturated carbocycles. The van der Waals surface area contributed by atoms with Gasteiger partial charge in [-0.2, -0.15) is 0 Å². The molecule has 0 bridgehead atoms. The first-order valence-electron chi connectivity index (χ1n) is 7.01. The van der Waals surface area contributed by atoms with E-state index in [0.29, 0.717) is 6.61 Å². The minimum Gasteiger partial charge on any atom is -0.492 e. The van der Waals surface area contributed by atoms with Crippen molar-refractivity contribution in [2.24, 2.45) is 5.73 Å². The molecule has 0 aliphatic heterocycles. The van der Waals surface area contributed by atoms with Gasteiger partial charge in [-0.15, -0.1) is 0 Å². The second kappa shape index (κ2) is 8.88. The molecule has 108 valence electrons. The van der Waals surface area contributed by atoms with Gasteiger partial charge >= 0.3 is 0 Å². The van der Waals surface area contributed by atoms with E-state index in [0.717, 1.165) is 49.4 Å². The van der Waals surface area contributed by atoms with Crippen LogP contribution < -0.4 is 10.5 Å². The molecule has 1 aromatic rings. The zero-order valence-corrected chi connectivity index (χ0v) is 12.3. The van der Waals surface area contributed by atoms with Gasteiger partial charge in [0, 0.05) is 31.9 Å². The van der Waals surface area contributed by atoms with Crippen molar-refractivity contribution in [1.82, 2.24) is 4.98 Å². The third kappa shape index (κ3) is 6.03. The number of pyridine rings is 1. The van der Waals surface area contributed by atoms with Crippen molar-refractivity contribution < 1.29 is 9.47 Å². The maximum absolute atomic E-state index is 6.01. The summed E-state index contributed by atoms with van der Waals surface area (Å²) in [5, 5.41) is 0. The molecule has 1 heterocycles. The van der Waals surface area contributed by atoms with Gasteiger partial charge in [0.2, 0.25) is 0 Å². The molecule has 1 aromatic heterocycles. The Kier molecular flexibility index (Phi) is 7.45. The minimum atomic E-state index is 0.144. The summed E-state index contributed by atoms with van der Waals surface area (Å²) in [6, 6.07) is 4.12. The van der Waals surface area contributed by atoms with Gasteiger partial charge < -0.3 is 15.2 Å². The topological polar surface area (TPSA) is 57.4 Å². The van der Waals surface area contributed by atoms with Gasteiger partial charge in [0.25, 0.3) is 0 Å². The summed E-state index contributed by atoms with van der Waals surface area (Å²) in [5.41, 5.74) is 7.98. The molecule has 1 rings (SSSR count). The summed E-state index contributed by atoms with van der Waals surface area (Å²) >= 11 is 0. The fourth-order valence-corrected chi connectivity index (χ4v) is 1.80. The first-order chi connectivity index (χ1) is 9.17. The summed E-state index contributed by atoms with van der Waals surface area (Å²) < 4.78 is 10.8. The number of hydrogen-bond acceptors (Lipinski definition) is 4. The van der Waals surface area contributed by atoms with Crippen LogP contribution in [0.25, 0.3) is 0 Å². The molecule has 1 atom stereocenters. The predicted molar refractivity (Wildman–Crippen MR) is 77.5 cm³/mol. The zero-order valence-electron chi connectivity index (χ0n) is 12.3. The molecule has 0 amide bonds. The smallest absolute Gasteiger partial charge is 0.140 e. The summed E-state index contributed by atoms with van der Waals surface area (Å²) in [6.07, 6.45) is 3.72. The van der Waals surface area contributed by atoms with Crippen LogP contribution in [0.3, 0.4) is 0 Å². The fourth-order valence-electron chi connectivity index (χ4n) is 1.80. The Morgan fingerprint density at radius 2 is 2.00 bits per heavy atom. The lowest BCUT2D eigenvalue weighted by Crippen LogP contribution is -2.22. The third-order valence-corrected chi connectivity index (χ3v) is 3.05. The van der Waals surface area contributed by atoms with Gasteiger partial charge in [0.05, 0.1) is 12.3 Å². The van der Waals surface area contributed by atoms with E-state index in [-0.39, 0.29) is 6.04 Å². The van der Waals surface area contributed by atoms with Crippen molar-refractivity contribution >= 4 is 0 Å². The van der Waals surface area contributed by atoms with Gasteiger partial charge in [0.15, 0.2) is 0 Å². The molecule has 0 aliphatic rings. The molecule has 4 nitrogen and oxygen atoms in total. The van der Waals surface area contributed by atoms with Gasteiger partial charge in [-0.3, -0.25) is 4.98 Å². The quantitative estimate of drug-likeness (QED) is 0.698. The van der Waals surface area contributed by atoms with E-state index in [1.54, 1.807) is 7.11 Å². The molecule has 0 aliphatic carbocycles. The van der Waals surface area contributed by atoms with E-state index >= 15 is 0 Å². The van der Waals surface area contributed by atoms with Gasteiger partial charge in [-0.1, -0.05) is 6.92 Å².